The van der Waals surface area contributed by atoms with Crippen molar-refractivity contribution in [2.75, 3.05) is 0 Å². The molecule has 0 heterocycles. The zero-order valence-corrected chi connectivity index (χ0v) is 11.4. The van der Waals surface area contributed by atoms with Gasteiger partial charge in [-0.05, 0) is 13.0 Å². The third-order valence-corrected chi connectivity index (χ3v) is 1.98. The van der Waals surface area contributed by atoms with Gasteiger partial charge >= 0.3 is 51.4 Å². The van der Waals surface area contributed by atoms with Gasteiger partial charge in [0.15, 0.2) is 0 Å². The van der Waals surface area contributed by atoms with Crippen LogP contribution in [0.2, 0.25) is 19.6 Å². The molecule has 0 saturated heterocycles. The molecule has 0 N–H and O–H groups in total. The van der Waals surface area contributed by atoms with Gasteiger partial charge in [0.1, 0.15) is 0 Å². The van der Waals surface area contributed by atoms with Gasteiger partial charge < -0.3 is 0 Å². The second-order valence-electron chi connectivity index (χ2n) is 3.06. The van der Waals surface area contributed by atoms with Crippen LogP contribution in [0.4, 0.5) is 0 Å². The second-order valence-corrected chi connectivity index (χ2v) is 8.12. The van der Waals surface area contributed by atoms with Gasteiger partial charge in [-0.25, -0.2) is 0 Å². The Morgan fingerprint density at radius 1 is 1.11 bits per heavy atom. The van der Waals surface area contributed by atoms with E-state index in [0.717, 1.165) is 0 Å². The van der Waals surface area contributed by atoms with Gasteiger partial charge in [0.2, 0.25) is 0 Å². The first-order valence-electron chi connectivity index (χ1n) is 3.03. The van der Waals surface area contributed by atoms with E-state index in [2.05, 4.69) is 44.8 Å². The fraction of sp³-hybridized carbons (Fsp3) is 0.571. The minimum Gasteiger partial charge on any atom is -0.0917 e. The Hall–Kier alpha value is 1.59. The fourth-order valence-electron chi connectivity index (χ4n) is 0.385. The first-order valence-corrected chi connectivity index (χ1v) is 6.61. The van der Waals surface area contributed by atoms with E-state index in [1.165, 1.54) is 0 Å². The standard InChI is InChI=1S/C7H15Si.K/c1-5-6-7-8(2,3)4;/h5-7H,1-4H3;/q;+1/b6-5+;. The number of hydrogen-bond donors (Lipinski definition) is 0. The third-order valence-electron chi connectivity index (χ3n) is 0.789. The molecule has 0 unspecified atom stereocenters. The predicted octanol–water partition coefficient (Wildman–Crippen LogP) is -0.352. The van der Waals surface area contributed by atoms with E-state index in [1.807, 2.05) is 0 Å². The molecule has 0 nitrogen and oxygen atoms in total. The SMILES string of the molecule is C/C=C/[CH][Si](C)(C)C.[K+]. The zero-order valence-electron chi connectivity index (χ0n) is 7.23. The van der Waals surface area contributed by atoms with Crippen LogP contribution in [0, 0.1) is 6.04 Å². The number of hydrogen-bond acceptors (Lipinski definition) is 0. The Balaban J connectivity index is 0. The quantitative estimate of drug-likeness (QED) is 0.492. The number of rotatable bonds is 2. The molecule has 1 radical (unpaired) electrons. The molecule has 9 heavy (non-hydrogen) atoms. The smallest absolute Gasteiger partial charge is 0.0917 e. The summed E-state index contributed by atoms with van der Waals surface area (Å²) in [5.41, 5.74) is 0. The van der Waals surface area contributed by atoms with Crippen LogP contribution in [0.1, 0.15) is 6.92 Å². The minimum absolute atomic E-state index is 0. The Labute approximate surface area is 103 Å². The molecule has 0 aliphatic heterocycles. The van der Waals surface area contributed by atoms with Gasteiger partial charge in [0.05, 0.1) is 8.07 Å². The molecular formula is C7H15KSi+. The monoisotopic (exact) mass is 166 g/mol. The van der Waals surface area contributed by atoms with Crippen LogP contribution in [-0.4, -0.2) is 8.07 Å². The van der Waals surface area contributed by atoms with E-state index >= 15 is 0 Å². The summed E-state index contributed by atoms with van der Waals surface area (Å²) in [6.45, 7) is 9.03. The van der Waals surface area contributed by atoms with Gasteiger partial charge in [0.25, 0.3) is 0 Å². The van der Waals surface area contributed by atoms with Crippen molar-refractivity contribution in [1.82, 2.24) is 0 Å². The molecule has 0 aliphatic carbocycles. The van der Waals surface area contributed by atoms with Crippen LogP contribution in [0.3, 0.4) is 0 Å². The fourth-order valence-corrected chi connectivity index (χ4v) is 1.15. The van der Waals surface area contributed by atoms with Gasteiger partial charge in [-0.2, -0.15) is 0 Å². The van der Waals surface area contributed by atoms with Crippen LogP contribution in [0.5, 0.6) is 0 Å². The molecule has 0 aromatic rings. The van der Waals surface area contributed by atoms with Crippen molar-refractivity contribution >= 4 is 8.07 Å². The zero-order chi connectivity index (χ0) is 6.62. The summed E-state index contributed by atoms with van der Waals surface area (Å²) in [5.74, 6) is 0. The molecule has 47 valence electrons. The van der Waals surface area contributed by atoms with Crippen LogP contribution in [0.25, 0.3) is 0 Å². The summed E-state index contributed by atoms with van der Waals surface area (Å²) in [7, 11) is -0.890. The number of allylic oxidation sites excluding steroid dienone is 2. The summed E-state index contributed by atoms with van der Waals surface area (Å²) in [6, 6.07) is 2.33. The average molecular weight is 166 g/mol. The van der Waals surface area contributed by atoms with E-state index in [9.17, 15) is 0 Å². The summed E-state index contributed by atoms with van der Waals surface area (Å²) in [6.07, 6.45) is 4.23. The van der Waals surface area contributed by atoms with Crippen LogP contribution in [-0.2, 0) is 0 Å². The van der Waals surface area contributed by atoms with Crippen molar-refractivity contribution in [3.8, 4) is 0 Å². The molecule has 0 aromatic heterocycles. The first-order chi connectivity index (χ1) is 3.56. The topological polar surface area (TPSA) is 0 Å². The van der Waals surface area contributed by atoms with Crippen LogP contribution >= 0.6 is 0 Å². The molecule has 0 aromatic carbocycles. The Bertz CT molecular complexity index is 81.4. The molecule has 0 saturated carbocycles. The molecule has 0 fully saturated rings. The van der Waals surface area contributed by atoms with Crippen molar-refractivity contribution in [2.24, 2.45) is 0 Å². The molecule has 0 amide bonds. The van der Waals surface area contributed by atoms with Crippen molar-refractivity contribution in [1.29, 1.82) is 0 Å². The minimum atomic E-state index is -0.890. The predicted molar refractivity (Wildman–Crippen MR) is 42.5 cm³/mol. The van der Waals surface area contributed by atoms with E-state index in [-0.39, 0.29) is 51.4 Å². The summed E-state index contributed by atoms with van der Waals surface area (Å²) >= 11 is 0. The molecular weight excluding hydrogens is 151 g/mol. The van der Waals surface area contributed by atoms with Gasteiger partial charge in [-0.3, -0.25) is 0 Å². The van der Waals surface area contributed by atoms with E-state index in [4.69, 9.17) is 0 Å². The molecule has 2 heteroatoms. The van der Waals surface area contributed by atoms with Crippen LogP contribution < -0.4 is 51.4 Å². The normalized spacial score (nSPS) is 11.6. The van der Waals surface area contributed by atoms with Crippen molar-refractivity contribution in [3.05, 3.63) is 18.2 Å². The Morgan fingerprint density at radius 3 is 1.67 bits per heavy atom. The molecule has 0 bridgehead atoms. The summed E-state index contributed by atoms with van der Waals surface area (Å²) in [5, 5.41) is 0. The second kappa shape index (κ2) is 6.31. The Morgan fingerprint density at radius 2 is 1.56 bits per heavy atom. The van der Waals surface area contributed by atoms with Gasteiger partial charge in [0, 0.05) is 0 Å². The molecule has 0 atom stereocenters. The van der Waals surface area contributed by atoms with Crippen LogP contribution in [0.15, 0.2) is 12.2 Å². The summed E-state index contributed by atoms with van der Waals surface area (Å²) < 4.78 is 0. The average Bonchev–Trinajstić information content (AvgIpc) is 1.59. The van der Waals surface area contributed by atoms with Gasteiger partial charge in [-0.1, -0.05) is 31.8 Å². The van der Waals surface area contributed by atoms with Gasteiger partial charge in [-0.15, -0.1) is 0 Å². The molecule has 0 aliphatic rings. The Kier molecular flexibility index (Phi) is 9.26. The van der Waals surface area contributed by atoms with Crippen molar-refractivity contribution in [3.63, 3.8) is 0 Å². The first kappa shape index (κ1) is 13.2. The maximum atomic E-state index is 2.33. The largest absolute Gasteiger partial charge is 1.00 e. The van der Waals surface area contributed by atoms with E-state index in [0.29, 0.717) is 0 Å². The molecule has 0 spiro atoms. The van der Waals surface area contributed by atoms with E-state index < -0.39 is 8.07 Å². The molecule has 0 rings (SSSR count). The maximum Gasteiger partial charge on any atom is 1.00 e. The van der Waals surface area contributed by atoms with Crippen molar-refractivity contribution in [2.45, 2.75) is 26.6 Å². The maximum absolute atomic E-state index is 2.33. The van der Waals surface area contributed by atoms with E-state index in [1.54, 1.807) is 0 Å². The van der Waals surface area contributed by atoms with Crippen molar-refractivity contribution < 1.29 is 51.4 Å². The third kappa shape index (κ3) is 12.7. The summed E-state index contributed by atoms with van der Waals surface area (Å²) in [4.78, 5) is 0.